The van der Waals surface area contributed by atoms with Gasteiger partial charge in [0.1, 0.15) is 11.6 Å². The van der Waals surface area contributed by atoms with Crippen molar-refractivity contribution in [1.29, 1.82) is 0 Å². The maximum atomic E-state index is 9.99. The smallest absolute Gasteiger partial charge is 0.132 e. The van der Waals surface area contributed by atoms with Gasteiger partial charge in [0.15, 0.2) is 0 Å². The summed E-state index contributed by atoms with van der Waals surface area (Å²) in [6, 6.07) is 11.6. The molecule has 2 aromatic rings. The number of hydrogen-bond donors (Lipinski definition) is 2. The molecule has 4 nitrogen and oxygen atoms in total. The standard InChI is InChI=1S/C17H23N3O/c1-4-15(14-9-5-6-10-16(14)21)19-12-13-8-7-11-18-17(13)20(2)3/h5-11,15,19,21H,4,12H2,1-3H3/t15-/m1/s1. The van der Waals surface area contributed by atoms with E-state index >= 15 is 0 Å². The second-order valence-electron chi connectivity index (χ2n) is 5.28. The van der Waals surface area contributed by atoms with Crippen molar-refractivity contribution >= 4 is 5.82 Å². The average molecular weight is 285 g/mol. The Labute approximate surface area is 126 Å². The fourth-order valence-electron chi connectivity index (χ4n) is 2.46. The minimum absolute atomic E-state index is 0.126. The van der Waals surface area contributed by atoms with Crippen LogP contribution in [0, 0.1) is 0 Å². The molecule has 0 aliphatic rings. The van der Waals surface area contributed by atoms with Gasteiger partial charge in [-0.1, -0.05) is 31.2 Å². The van der Waals surface area contributed by atoms with E-state index in [1.54, 1.807) is 12.3 Å². The van der Waals surface area contributed by atoms with Crippen LogP contribution in [0.1, 0.15) is 30.5 Å². The maximum absolute atomic E-state index is 9.99. The molecule has 1 aromatic heterocycles. The lowest BCUT2D eigenvalue weighted by atomic mass is 10.0. The van der Waals surface area contributed by atoms with E-state index in [4.69, 9.17) is 0 Å². The largest absolute Gasteiger partial charge is 0.508 e. The first-order valence-electron chi connectivity index (χ1n) is 7.26. The second-order valence-corrected chi connectivity index (χ2v) is 5.28. The molecule has 2 rings (SSSR count). The summed E-state index contributed by atoms with van der Waals surface area (Å²) in [4.78, 5) is 6.42. The van der Waals surface area contributed by atoms with Crippen LogP contribution in [0.2, 0.25) is 0 Å². The number of hydrogen-bond acceptors (Lipinski definition) is 4. The molecule has 1 atom stereocenters. The van der Waals surface area contributed by atoms with Gasteiger partial charge in [-0.25, -0.2) is 4.98 Å². The Morgan fingerprint density at radius 2 is 1.95 bits per heavy atom. The monoisotopic (exact) mass is 285 g/mol. The molecule has 4 heteroatoms. The maximum Gasteiger partial charge on any atom is 0.132 e. The Hall–Kier alpha value is -2.07. The zero-order chi connectivity index (χ0) is 15.2. The number of aromatic nitrogens is 1. The fourth-order valence-corrected chi connectivity index (χ4v) is 2.46. The third kappa shape index (κ3) is 3.73. The molecule has 0 aliphatic heterocycles. The van der Waals surface area contributed by atoms with E-state index in [2.05, 4.69) is 23.3 Å². The van der Waals surface area contributed by atoms with Crippen molar-refractivity contribution in [2.24, 2.45) is 0 Å². The molecule has 0 radical (unpaired) electrons. The van der Waals surface area contributed by atoms with Gasteiger partial charge >= 0.3 is 0 Å². The Morgan fingerprint density at radius 3 is 2.62 bits per heavy atom. The van der Waals surface area contributed by atoms with Gasteiger partial charge < -0.3 is 15.3 Å². The summed E-state index contributed by atoms with van der Waals surface area (Å²) < 4.78 is 0. The zero-order valence-corrected chi connectivity index (χ0v) is 12.9. The summed E-state index contributed by atoms with van der Waals surface area (Å²) in [5, 5.41) is 13.5. The highest BCUT2D eigenvalue weighted by Crippen LogP contribution is 2.26. The number of nitrogens with one attached hydrogen (secondary N) is 1. The first-order chi connectivity index (χ1) is 10.1. The quantitative estimate of drug-likeness (QED) is 0.856. The minimum atomic E-state index is 0.126. The molecule has 0 saturated heterocycles. The number of anilines is 1. The van der Waals surface area contributed by atoms with Crippen molar-refractivity contribution in [2.45, 2.75) is 25.9 Å². The van der Waals surface area contributed by atoms with E-state index in [1.807, 2.05) is 43.3 Å². The van der Waals surface area contributed by atoms with Crippen molar-refractivity contribution < 1.29 is 5.11 Å². The lowest BCUT2D eigenvalue weighted by Crippen LogP contribution is -2.22. The number of benzene rings is 1. The van der Waals surface area contributed by atoms with Gasteiger partial charge in [0, 0.05) is 44.0 Å². The van der Waals surface area contributed by atoms with E-state index < -0.39 is 0 Å². The molecule has 0 unspecified atom stereocenters. The molecule has 0 spiro atoms. The normalized spacial score (nSPS) is 12.1. The number of nitrogens with zero attached hydrogens (tertiary/aromatic N) is 2. The van der Waals surface area contributed by atoms with Crippen LogP contribution in [0.3, 0.4) is 0 Å². The van der Waals surface area contributed by atoms with Gasteiger partial charge in [-0.3, -0.25) is 0 Å². The zero-order valence-electron chi connectivity index (χ0n) is 12.9. The predicted molar refractivity (Wildman–Crippen MR) is 86.5 cm³/mol. The number of phenols is 1. The third-order valence-corrected chi connectivity index (χ3v) is 3.55. The van der Waals surface area contributed by atoms with Gasteiger partial charge in [0.25, 0.3) is 0 Å². The molecule has 112 valence electrons. The predicted octanol–water partition coefficient (Wildman–Crippen LogP) is 3.09. The van der Waals surface area contributed by atoms with Crippen LogP contribution in [0.5, 0.6) is 5.75 Å². The van der Waals surface area contributed by atoms with Crippen LogP contribution in [-0.2, 0) is 6.54 Å². The first kappa shape index (κ1) is 15.3. The van der Waals surface area contributed by atoms with E-state index in [0.717, 1.165) is 23.4 Å². The van der Waals surface area contributed by atoms with Gasteiger partial charge in [-0.15, -0.1) is 0 Å². The summed E-state index contributed by atoms with van der Waals surface area (Å²) in [6.45, 7) is 2.83. The summed E-state index contributed by atoms with van der Waals surface area (Å²) >= 11 is 0. The molecule has 0 aliphatic carbocycles. The van der Waals surface area contributed by atoms with Gasteiger partial charge in [-0.05, 0) is 18.6 Å². The van der Waals surface area contributed by atoms with Gasteiger partial charge in [0.05, 0.1) is 0 Å². The molecule has 1 aromatic carbocycles. The Balaban J connectivity index is 2.13. The molecule has 0 amide bonds. The van der Waals surface area contributed by atoms with Crippen molar-refractivity contribution in [2.75, 3.05) is 19.0 Å². The van der Waals surface area contributed by atoms with E-state index in [1.165, 1.54) is 0 Å². The van der Waals surface area contributed by atoms with Crippen molar-refractivity contribution in [3.63, 3.8) is 0 Å². The summed E-state index contributed by atoms with van der Waals surface area (Å²) in [7, 11) is 3.98. The first-order valence-corrected chi connectivity index (χ1v) is 7.26. The van der Waals surface area contributed by atoms with Crippen LogP contribution < -0.4 is 10.2 Å². The highest BCUT2D eigenvalue weighted by molar-refractivity contribution is 5.45. The van der Waals surface area contributed by atoms with Gasteiger partial charge in [-0.2, -0.15) is 0 Å². The minimum Gasteiger partial charge on any atom is -0.508 e. The van der Waals surface area contributed by atoms with Crippen molar-refractivity contribution in [3.05, 3.63) is 53.7 Å². The van der Waals surface area contributed by atoms with E-state index in [0.29, 0.717) is 12.3 Å². The summed E-state index contributed by atoms with van der Waals surface area (Å²) in [5.41, 5.74) is 2.09. The summed E-state index contributed by atoms with van der Waals surface area (Å²) in [6.07, 6.45) is 2.72. The molecular formula is C17H23N3O. The molecule has 2 N–H and O–H groups in total. The van der Waals surface area contributed by atoms with Crippen LogP contribution in [-0.4, -0.2) is 24.2 Å². The number of para-hydroxylation sites is 1. The number of phenolic OH excluding ortho intramolecular Hbond substituents is 1. The van der Waals surface area contributed by atoms with Crippen LogP contribution in [0.25, 0.3) is 0 Å². The Kier molecular flexibility index (Phi) is 5.17. The van der Waals surface area contributed by atoms with Crippen LogP contribution >= 0.6 is 0 Å². The van der Waals surface area contributed by atoms with E-state index in [-0.39, 0.29) is 6.04 Å². The highest BCUT2D eigenvalue weighted by atomic mass is 16.3. The molecule has 0 fully saturated rings. The Bertz CT molecular complexity index is 584. The summed E-state index contributed by atoms with van der Waals surface area (Å²) in [5.74, 6) is 1.31. The average Bonchev–Trinajstić information content (AvgIpc) is 2.49. The lowest BCUT2D eigenvalue weighted by molar-refractivity contribution is 0.440. The van der Waals surface area contributed by atoms with Crippen LogP contribution in [0.4, 0.5) is 5.82 Å². The van der Waals surface area contributed by atoms with Gasteiger partial charge in [0.2, 0.25) is 0 Å². The van der Waals surface area contributed by atoms with E-state index in [9.17, 15) is 5.11 Å². The Morgan fingerprint density at radius 1 is 1.19 bits per heavy atom. The van der Waals surface area contributed by atoms with Crippen molar-refractivity contribution in [1.82, 2.24) is 10.3 Å². The third-order valence-electron chi connectivity index (χ3n) is 3.55. The van der Waals surface area contributed by atoms with Crippen molar-refractivity contribution in [3.8, 4) is 5.75 Å². The second kappa shape index (κ2) is 7.09. The molecule has 0 saturated carbocycles. The highest BCUT2D eigenvalue weighted by Gasteiger charge is 2.13. The fraction of sp³-hybridized carbons (Fsp3) is 0.353. The topological polar surface area (TPSA) is 48.4 Å². The number of rotatable bonds is 6. The number of pyridine rings is 1. The molecule has 0 bridgehead atoms. The molecule has 21 heavy (non-hydrogen) atoms. The lowest BCUT2D eigenvalue weighted by Gasteiger charge is -2.21. The molecule has 1 heterocycles. The number of aromatic hydroxyl groups is 1. The van der Waals surface area contributed by atoms with Crippen LogP contribution in [0.15, 0.2) is 42.6 Å². The SMILES string of the molecule is CC[C@@H](NCc1cccnc1N(C)C)c1ccccc1O. The molecular weight excluding hydrogens is 262 g/mol.